The molecule has 1 radical (unpaired) electrons. The third-order valence-electron chi connectivity index (χ3n) is 6.05. The van der Waals surface area contributed by atoms with Gasteiger partial charge in [0.2, 0.25) is 0 Å². The Morgan fingerprint density at radius 3 is 2.26 bits per heavy atom. The predicted octanol–water partition coefficient (Wildman–Crippen LogP) is 5.78. The standard InChI is InChI=1S/C23H25/c1-3-23(4-2)15-20-13-19-11-10-18(22(19)14-21(20)16-23)12-17-8-6-5-7-9-17/h5-11,13-14H,3-4,12,15-16H2,1-2H3. The van der Waals surface area contributed by atoms with Crippen LogP contribution in [0.5, 0.6) is 0 Å². The van der Waals surface area contributed by atoms with Crippen molar-refractivity contribution in [3.63, 3.8) is 0 Å². The zero-order chi connectivity index (χ0) is 15.9. The average molecular weight is 301 g/mol. The fourth-order valence-electron chi connectivity index (χ4n) is 4.32. The molecule has 0 N–H and O–H groups in total. The second-order valence-electron chi connectivity index (χ2n) is 7.29. The Hall–Kier alpha value is -1.82. The van der Waals surface area contributed by atoms with Gasteiger partial charge >= 0.3 is 0 Å². The van der Waals surface area contributed by atoms with Gasteiger partial charge in [-0.05, 0) is 65.3 Å². The van der Waals surface area contributed by atoms with Gasteiger partial charge in [0.05, 0.1) is 0 Å². The van der Waals surface area contributed by atoms with E-state index in [1.54, 1.807) is 11.1 Å². The van der Waals surface area contributed by atoms with Gasteiger partial charge in [-0.25, -0.2) is 0 Å². The van der Waals surface area contributed by atoms with E-state index in [1.807, 2.05) is 0 Å². The summed E-state index contributed by atoms with van der Waals surface area (Å²) in [4.78, 5) is 0. The number of rotatable bonds is 4. The van der Waals surface area contributed by atoms with E-state index in [0.29, 0.717) is 5.41 Å². The molecular formula is C23H25. The summed E-state index contributed by atoms with van der Waals surface area (Å²) in [6, 6.07) is 15.8. The maximum absolute atomic E-state index is 2.50. The molecule has 0 amide bonds. The summed E-state index contributed by atoms with van der Waals surface area (Å²) in [5, 5.41) is 0. The molecule has 0 saturated carbocycles. The first-order valence-corrected chi connectivity index (χ1v) is 8.97. The first-order valence-electron chi connectivity index (χ1n) is 8.97. The Labute approximate surface area is 140 Å². The molecule has 0 aromatic heterocycles. The average Bonchev–Trinajstić information content (AvgIpc) is 3.15. The number of hydrogen-bond donors (Lipinski definition) is 0. The number of hydrogen-bond acceptors (Lipinski definition) is 0. The lowest BCUT2D eigenvalue weighted by atomic mass is 9.80. The van der Waals surface area contributed by atoms with Crippen molar-refractivity contribution in [2.24, 2.45) is 5.41 Å². The summed E-state index contributed by atoms with van der Waals surface area (Å²) in [6.07, 6.45) is 10.8. The molecule has 2 aromatic carbocycles. The molecule has 2 aliphatic rings. The molecule has 0 spiro atoms. The van der Waals surface area contributed by atoms with Crippen LogP contribution in [-0.4, -0.2) is 0 Å². The minimum absolute atomic E-state index is 0.515. The van der Waals surface area contributed by atoms with Crippen LogP contribution in [0, 0.1) is 11.3 Å². The lowest BCUT2D eigenvalue weighted by Crippen LogP contribution is -2.18. The molecule has 0 unspecified atom stereocenters. The van der Waals surface area contributed by atoms with Gasteiger partial charge in [-0.2, -0.15) is 0 Å². The molecule has 4 rings (SSSR count). The van der Waals surface area contributed by atoms with Crippen molar-refractivity contribution in [3.8, 4) is 0 Å². The van der Waals surface area contributed by atoms with Crippen LogP contribution in [0.15, 0.2) is 48.5 Å². The fourth-order valence-corrected chi connectivity index (χ4v) is 4.32. The quantitative estimate of drug-likeness (QED) is 0.671. The van der Waals surface area contributed by atoms with Gasteiger partial charge in [-0.3, -0.25) is 0 Å². The van der Waals surface area contributed by atoms with Crippen LogP contribution in [0.4, 0.5) is 0 Å². The lowest BCUT2D eigenvalue weighted by Gasteiger charge is -2.25. The van der Waals surface area contributed by atoms with Crippen molar-refractivity contribution < 1.29 is 0 Å². The van der Waals surface area contributed by atoms with Gasteiger partial charge in [-0.1, -0.05) is 68.5 Å². The molecule has 2 aromatic rings. The first-order chi connectivity index (χ1) is 11.2. The first kappa shape index (κ1) is 14.8. The van der Waals surface area contributed by atoms with Crippen molar-refractivity contribution in [2.45, 2.75) is 46.0 Å². The van der Waals surface area contributed by atoms with Gasteiger partial charge in [0.25, 0.3) is 0 Å². The van der Waals surface area contributed by atoms with Crippen molar-refractivity contribution in [3.05, 3.63) is 82.3 Å². The topological polar surface area (TPSA) is 0 Å². The van der Waals surface area contributed by atoms with E-state index in [0.717, 1.165) is 6.42 Å². The third-order valence-corrected chi connectivity index (χ3v) is 6.05. The van der Waals surface area contributed by atoms with E-state index in [1.165, 1.54) is 48.3 Å². The minimum atomic E-state index is 0.515. The highest BCUT2D eigenvalue weighted by molar-refractivity contribution is 5.71. The van der Waals surface area contributed by atoms with E-state index in [-0.39, 0.29) is 0 Å². The molecule has 0 saturated heterocycles. The minimum Gasteiger partial charge on any atom is -0.0718 e. The van der Waals surface area contributed by atoms with Gasteiger partial charge < -0.3 is 0 Å². The molecular weight excluding hydrogens is 276 g/mol. The Morgan fingerprint density at radius 1 is 0.870 bits per heavy atom. The molecule has 0 heterocycles. The summed E-state index contributed by atoms with van der Waals surface area (Å²) >= 11 is 0. The zero-order valence-corrected chi connectivity index (χ0v) is 14.2. The maximum atomic E-state index is 2.50. The van der Waals surface area contributed by atoms with Crippen molar-refractivity contribution in [1.29, 1.82) is 0 Å². The Bertz CT molecular complexity index is 732. The smallest absolute Gasteiger partial charge is 0.0317 e. The molecule has 117 valence electrons. The second-order valence-corrected chi connectivity index (χ2v) is 7.29. The highest BCUT2D eigenvalue weighted by atomic mass is 14.4. The lowest BCUT2D eigenvalue weighted by molar-refractivity contribution is 0.280. The molecule has 0 aliphatic heterocycles. The Balaban J connectivity index is 1.63. The van der Waals surface area contributed by atoms with E-state index in [2.05, 4.69) is 68.5 Å². The van der Waals surface area contributed by atoms with E-state index < -0.39 is 0 Å². The van der Waals surface area contributed by atoms with Crippen LogP contribution >= 0.6 is 0 Å². The maximum Gasteiger partial charge on any atom is 0.0317 e. The largest absolute Gasteiger partial charge is 0.0718 e. The fraction of sp³-hybridized carbons (Fsp3) is 0.348. The van der Waals surface area contributed by atoms with E-state index in [9.17, 15) is 0 Å². The van der Waals surface area contributed by atoms with Gasteiger partial charge in [0.1, 0.15) is 0 Å². The molecule has 0 nitrogen and oxygen atoms in total. The van der Waals surface area contributed by atoms with Crippen LogP contribution in [0.2, 0.25) is 0 Å². The molecule has 0 bridgehead atoms. The summed E-state index contributed by atoms with van der Waals surface area (Å²) in [7, 11) is 0. The molecule has 0 heteroatoms. The molecule has 0 atom stereocenters. The van der Waals surface area contributed by atoms with Crippen LogP contribution in [0.3, 0.4) is 0 Å². The van der Waals surface area contributed by atoms with Crippen molar-refractivity contribution in [1.82, 2.24) is 0 Å². The van der Waals surface area contributed by atoms with Crippen molar-refractivity contribution in [2.75, 3.05) is 0 Å². The predicted molar refractivity (Wildman–Crippen MR) is 98.4 cm³/mol. The van der Waals surface area contributed by atoms with Crippen LogP contribution in [-0.2, 0) is 19.3 Å². The van der Waals surface area contributed by atoms with Crippen LogP contribution in [0.25, 0.3) is 6.08 Å². The SMILES string of the molecule is CCC1(CC)Cc2cc3c(cc2C1)[C](Cc1ccccc1)C=C3. The van der Waals surface area contributed by atoms with Gasteiger partial charge in [0.15, 0.2) is 0 Å². The second kappa shape index (κ2) is 5.67. The highest BCUT2D eigenvalue weighted by Crippen LogP contribution is 2.45. The molecule has 23 heavy (non-hydrogen) atoms. The highest BCUT2D eigenvalue weighted by Gasteiger charge is 2.35. The Morgan fingerprint density at radius 2 is 1.57 bits per heavy atom. The zero-order valence-electron chi connectivity index (χ0n) is 14.2. The van der Waals surface area contributed by atoms with Gasteiger partial charge in [0, 0.05) is 5.92 Å². The number of benzene rings is 2. The summed E-state index contributed by atoms with van der Waals surface area (Å²) in [5.41, 5.74) is 8.01. The monoisotopic (exact) mass is 301 g/mol. The van der Waals surface area contributed by atoms with Crippen molar-refractivity contribution >= 4 is 6.08 Å². The van der Waals surface area contributed by atoms with Crippen LogP contribution < -0.4 is 0 Å². The van der Waals surface area contributed by atoms with Crippen LogP contribution in [0.1, 0.15) is 54.5 Å². The summed E-state index contributed by atoms with van der Waals surface area (Å²) < 4.78 is 0. The summed E-state index contributed by atoms with van der Waals surface area (Å²) in [5.74, 6) is 1.47. The number of allylic oxidation sites excluding steroid dienone is 1. The third kappa shape index (κ3) is 2.55. The van der Waals surface area contributed by atoms with Gasteiger partial charge in [-0.15, -0.1) is 0 Å². The van der Waals surface area contributed by atoms with E-state index in [4.69, 9.17) is 0 Å². The summed E-state index contributed by atoms with van der Waals surface area (Å²) in [6.45, 7) is 4.71. The Kier molecular flexibility index (Phi) is 3.64. The number of fused-ring (bicyclic) bond motifs is 2. The molecule has 0 fully saturated rings. The molecule has 2 aliphatic carbocycles. The van der Waals surface area contributed by atoms with E-state index >= 15 is 0 Å². The normalized spacial score (nSPS) is 18.2.